The van der Waals surface area contributed by atoms with Gasteiger partial charge in [-0.2, -0.15) is 0 Å². The summed E-state index contributed by atoms with van der Waals surface area (Å²) in [6.07, 6.45) is 0.159. The molecule has 10 heteroatoms. The Hall–Kier alpha value is -1.84. The summed E-state index contributed by atoms with van der Waals surface area (Å²) in [5.41, 5.74) is 0. The van der Waals surface area contributed by atoms with Gasteiger partial charge in [0.25, 0.3) is 0 Å². The monoisotopic (exact) mass is 322 g/mol. The minimum atomic E-state index is -3.24. The molecule has 1 heterocycles. The van der Waals surface area contributed by atoms with Crippen molar-refractivity contribution in [2.75, 3.05) is 31.7 Å². The van der Waals surface area contributed by atoms with Gasteiger partial charge in [0.15, 0.2) is 9.84 Å². The number of esters is 1. The standard InChI is InChI=1S/C11H18N2O7S/c1-20-10(16)2-4-12-11(17)13(6-9(14)15)8-3-5-21(18,19)7-8/h8H,2-7H2,1H3,(H,12,17)(H,14,15). The van der Waals surface area contributed by atoms with Gasteiger partial charge in [-0.05, 0) is 6.42 Å². The molecule has 2 N–H and O–H groups in total. The highest BCUT2D eigenvalue weighted by Crippen LogP contribution is 2.17. The van der Waals surface area contributed by atoms with Crippen molar-refractivity contribution in [2.45, 2.75) is 18.9 Å². The molecule has 120 valence electrons. The van der Waals surface area contributed by atoms with E-state index < -0.39 is 40.4 Å². The van der Waals surface area contributed by atoms with E-state index in [1.807, 2.05) is 0 Å². The molecule has 0 aromatic heterocycles. The van der Waals surface area contributed by atoms with Gasteiger partial charge in [0, 0.05) is 12.6 Å². The zero-order valence-electron chi connectivity index (χ0n) is 11.6. The van der Waals surface area contributed by atoms with E-state index in [0.29, 0.717) is 0 Å². The van der Waals surface area contributed by atoms with E-state index in [0.717, 1.165) is 4.90 Å². The Morgan fingerprint density at radius 3 is 2.52 bits per heavy atom. The van der Waals surface area contributed by atoms with E-state index in [1.54, 1.807) is 0 Å². The van der Waals surface area contributed by atoms with Gasteiger partial charge in [0.2, 0.25) is 0 Å². The summed E-state index contributed by atoms with van der Waals surface area (Å²) in [6.45, 7) is -0.606. The normalized spacial score (nSPS) is 19.8. The van der Waals surface area contributed by atoms with Crippen molar-refractivity contribution in [3.8, 4) is 0 Å². The first-order valence-corrected chi connectivity index (χ1v) is 8.11. The van der Waals surface area contributed by atoms with Gasteiger partial charge >= 0.3 is 18.0 Å². The first-order valence-electron chi connectivity index (χ1n) is 6.28. The lowest BCUT2D eigenvalue weighted by Gasteiger charge is -2.26. The molecule has 1 aliphatic rings. The fraction of sp³-hybridized carbons (Fsp3) is 0.727. The number of ether oxygens (including phenoxy) is 1. The number of sulfone groups is 1. The molecule has 2 amide bonds. The molecule has 1 atom stereocenters. The van der Waals surface area contributed by atoms with E-state index in [2.05, 4.69) is 10.1 Å². The Morgan fingerprint density at radius 2 is 2.05 bits per heavy atom. The van der Waals surface area contributed by atoms with Crippen LogP contribution < -0.4 is 5.32 Å². The number of nitrogens with zero attached hydrogens (tertiary/aromatic N) is 1. The van der Waals surface area contributed by atoms with Crippen LogP contribution >= 0.6 is 0 Å². The second-order valence-corrected chi connectivity index (χ2v) is 6.87. The maximum absolute atomic E-state index is 12.0. The van der Waals surface area contributed by atoms with Crippen molar-refractivity contribution in [3.05, 3.63) is 0 Å². The van der Waals surface area contributed by atoms with Crippen molar-refractivity contribution >= 4 is 27.8 Å². The smallest absolute Gasteiger partial charge is 0.323 e. The Kier molecular flexibility index (Phi) is 5.94. The van der Waals surface area contributed by atoms with E-state index in [1.165, 1.54) is 7.11 Å². The molecule has 1 aliphatic heterocycles. The fourth-order valence-corrected chi connectivity index (χ4v) is 3.74. The van der Waals surface area contributed by atoms with Crippen LogP contribution in [0.2, 0.25) is 0 Å². The molecule has 0 aliphatic carbocycles. The number of carboxylic acid groups (broad SMARTS) is 1. The number of hydrogen-bond acceptors (Lipinski definition) is 6. The summed E-state index contributed by atoms with van der Waals surface area (Å²) in [7, 11) is -2.02. The summed E-state index contributed by atoms with van der Waals surface area (Å²) >= 11 is 0. The molecule has 1 unspecified atom stereocenters. The van der Waals surface area contributed by atoms with Crippen molar-refractivity contribution in [2.24, 2.45) is 0 Å². The summed E-state index contributed by atoms with van der Waals surface area (Å²) in [4.78, 5) is 34.7. The highest BCUT2D eigenvalue weighted by molar-refractivity contribution is 7.91. The molecular formula is C11H18N2O7S. The fourth-order valence-electron chi connectivity index (χ4n) is 2.01. The van der Waals surface area contributed by atoms with Crippen LogP contribution in [-0.2, 0) is 24.2 Å². The van der Waals surface area contributed by atoms with Crippen molar-refractivity contribution < 1.29 is 32.6 Å². The topological polar surface area (TPSA) is 130 Å². The number of rotatable bonds is 6. The average Bonchev–Trinajstić information content (AvgIpc) is 2.75. The van der Waals surface area contributed by atoms with Crippen LogP contribution in [0.25, 0.3) is 0 Å². The van der Waals surface area contributed by atoms with E-state index in [4.69, 9.17) is 5.11 Å². The Morgan fingerprint density at radius 1 is 1.38 bits per heavy atom. The van der Waals surface area contributed by atoms with Crippen LogP contribution in [-0.4, -0.2) is 74.1 Å². The number of nitrogens with one attached hydrogen (secondary N) is 1. The van der Waals surface area contributed by atoms with Crippen LogP contribution in [0.5, 0.6) is 0 Å². The van der Waals surface area contributed by atoms with Gasteiger partial charge in [0.05, 0.1) is 25.0 Å². The number of hydrogen-bond donors (Lipinski definition) is 2. The van der Waals surface area contributed by atoms with Gasteiger partial charge in [-0.25, -0.2) is 13.2 Å². The summed E-state index contributed by atoms with van der Waals surface area (Å²) < 4.78 is 27.3. The molecule has 9 nitrogen and oxygen atoms in total. The van der Waals surface area contributed by atoms with Crippen molar-refractivity contribution in [1.29, 1.82) is 0 Å². The van der Waals surface area contributed by atoms with Crippen molar-refractivity contribution in [3.63, 3.8) is 0 Å². The number of amides is 2. The molecule has 0 aromatic carbocycles. The lowest BCUT2D eigenvalue weighted by atomic mass is 10.2. The number of methoxy groups -OCH3 is 1. The number of urea groups is 1. The lowest BCUT2D eigenvalue weighted by Crippen LogP contribution is -2.49. The number of carbonyl (C=O) groups excluding carboxylic acids is 2. The molecule has 0 bridgehead atoms. The van der Waals surface area contributed by atoms with E-state index in [-0.39, 0.29) is 30.9 Å². The maximum Gasteiger partial charge on any atom is 0.323 e. The Labute approximate surface area is 122 Å². The van der Waals surface area contributed by atoms with E-state index >= 15 is 0 Å². The minimum absolute atomic E-state index is 0.0128. The van der Waals surface area contributed by atoms with Gasteiger partial charge in [-0.1, -0.05) is 0 Å². The second kappa shape index (κ2) is 7.25. The van der Waals surface area contributed by atoms with Crippen LogP contribution in [0, 0.1) is 0 Å². The minimum Gasteiger partial charge on any atom is -0.480 e. The molecule has 1 saturated heterocycles. The first-order chi connectivity index (χ1) is 9.75. The molecular weight excluding hydrogens is 304 g/mol. The molecule has 0 radical (unpaired) electrons. The third kappa shape index (κ3) is 5.58. The van der Waals surface area contributed by atoms with Gasteiger partial charge in [-0.3, -0.25) is 9.59 Å². The highest BCUT2D eigenvalue weighted by Gasteiger charge is 2.35. The van der Waals surface area contributed by atoms with Crippen LogP contribution in [0.4, 0.5) is 4.79 Å². The first kappa shape index (κ1) is 17.2. The second-order valence-electron chi connectivity index (χ2n) is 4.64. The summed E-state index contributed by atoms with van der Waals surface area (Å²) in [6, 6.07) is -1.37. The maximum atomic E-state index is 12.0. The third-order valence-corrected chi connectivity index (χ3v) is 4.80. The molecule has 21 heavy (non-hydrogen) atoms. The molecule has 0 saturated carbocycles. The quantitative estimate of drug-likeness (QED) is 0.589. The number of carboxylic acids is 1. The Balaban J connectivity index is 2.62. The third-order valence-electron chi connectivity index (χ3n) is 3.05. The zero-order chi connectivity index (χ0) is 16.0. The molecule has 1 fully saturated rings. The summed E-state index contributed by atoms with van der Waals surface area (Å²) in [5, 5.41) is 11.2. The molecule has 1 rings (SSSR count). The van der Waals surface area contributed by atoms with Crippen LogP contribution in [0.3, 0.4) is 0 Å². The van der Waals surface area contributed by atoms with Crippen LogP contribution in [0.1, 0.15) is 12.8 Å². The van der Waals surface area contributed by atoms with Crippen molar-refractivity contribution in [1.82, 2.24) is 10.2 Å². The zero-order valence-corrected chi connectivity index (χ0v) is 12.4. The van der Waals surface area contributed by atoms with Gasteiger partial charge < -0.3 is 20.1 Å². The average molecular weight is 322 g/mol. The number of aliphatic carboxylic acids is 1. The lowest BCUT2D eigenvalue weighted by molar-refractivity contribution is -0.140. The largest absolute Gasteiger partial charge is 0.480 e. The highest BCUT2D eigenvalue weighted by atomic mass is 32.2. The van der Waals surface area contributed by atoms with Gasteiger partial charge in [0.1, 0.15) is 6.54 Å². The molecule has 0 spiro atoms. The Bertz CT molecular complexity index is 517. The predicted molar refractivity (Wildman–Crippen MR) is 71.4 cm³/mol. The summed E-state index contributed by atoms with van der Waals surface area (Å²) in [5.74, 6) is -2.06. The predicted octanol–water partition coefficient (Wildman–Crippen LogP) is -1.17. The van der Waals surface area contributed by atoms with Gasteiger partial charge in [-0.15, -0.1) is 0 Å². The SMILES string of the molecule is COC(=O)CCNC(=O)N(CC(=O)O)C1CCS(=O)(=O)C1. The number of carbonyl (C=O) groups is 3. The molecule has 0 aromatic rings. The van der Waals surface area contributed by atoms with Crippen LogP contribution in [0.15, 0.2) is 0 Å². The van der Waals surface area contributed by atoms with E-state index in [9.17, 15) is 22.8 Å².